The molecule has 0 aliphatic rings. The summed E-state index contributed by atoms with van der Waals surface area (Å²) in [6, 6.07) is 25.4. The van der Waals surface area contributed by atoms with Crippen LogP contribution < -0.4 is 10.1 Å². The Balaban J connectivity index is 1.51. The minimum absolute atomic E-state index is 0.194. The van der Waals surface area contributed by atoms with Crippen molar-refractivity contribution in [3.8, 4) is 5.75 Å². The molecule has 30 heavy (non-hydrogen) atoms. The van der Waals surface area contributed by atoms with Crippen molar-refractivity contribution < 1.29 is 9.53 Å². The summed E-state index contributed by atoms with van der Waals surface area (Å²) in [5, 5.41) is 6.02. The molecule has 1 amide bonds. The zero-order valence-corrected chi connectivity index (χ0v) is 17.5. The largest absolute Gasteiger partial charge is 0.486 e. The third kappa shape index (κ3) is 4.93. The van der Waals surface area contributed by atoms with Crippen LogP contribution in [0.15, 0.2) is 84.2 Å². The van der Waals surface area contributed by atoms with E-state index in [0.717, 1.165) is 28.4 Å². The summed E-state index contributed by atoms with van der Waals surface area (Å²) in [5.74, 6) is 0.349. The minimum atomic E-state index is -0.194. The van der Waals surface area contributed by atoms with Gasteiger partial charge in [0, 0.05) is 11.1 Å². The molecular weight excluding hydrogens is 392 g/mol. The van der Waals surface area contributed by atoms with Gasteiger partial charge in [-0.2, -0.15) is 0 Å². The lowest BCUT2D eigenvalue weighted by Gasteiger charge is -2.14. The van der Waals surface area contributed by atoms with Crippen LogP contribution in [0.2, 0.25) is 0 Å². The molecule has 1 aromatic heterocycles. The van der Waals surface area contributed by atoms with Gasteiger partial charge in [-0.15, -0.1) is 11.3 Å². The summed E-state index contributed by atoms with van der Waals surface area (Å²) in [4.78, 5) is 17.5. The molecule has 0 saturated heterocycles. The highest BCUT2D eigenvalue weighted by molar-refractivity contribution is 7.09. The van der Waals surface area contributed by atoms with Crippen molar-refractivity contribution in [2.75, 3.05) is 5.32 Å². The van der Waals surface area contributed by atoms with E-state index in [1.54, 1.807) is 17.4 Å². The maximum Gasteiger partial charge on any atom is 0.259 e. The van der Waals surface area contributed by atoms with E-state index in [1.807, 2.05) is 73.0 Å². The lowest BCUT2D eigenvalue weighted by molar-refractivity contribution is 0.102. The Morgan fingerprint density at radius 2 is 1.70 bits per heavy atom. The monoisotopic (exact) mass is 414 g/mol. The number of rotatable bonds is 7. The lowest BCUT2D eigenvalue weighted by atomic mass is 10.0. The summed E-state index contributed by atoms with van der Waals surface area (Å²) in [6.45, 7) is 2.29. The van der Waals surface area contributed by atoms with Crippen LogP contribution in [0.25, 0.3) is 0 Å². The number of carbonyl (C=O) groups excluding carboxylic acids is 1. The van der Waals surface area contributed by atoms with Crippen LogP contribution in [-0.2, 0) is 13.0 Å². The topological polar surface area (TPSA) is 51.2 Å². The number of aryl methyl sites for hydroxylation is 1. The normalized spacial score (nSPS) is 10.6. The molecule has 3 aromatic carbocycles. The summed E-state index contributed by atoms with van der Waals surface area (Å²) in [5.41, 5.74) is 4.42. The van der Waals surface area contributed by atoms with E-state index in [0.29, 0.717) is 17.9 Å². The second-order valence-corrected chi connectivity index (χ2v) is 7.98. The van der Waals surface area contributed by atoms with E-state index in [2.05, 4.69) is 22.4 Å². The molecule has 1 N–H and O–H groups in total. The van der Waals surface area contributed by atoms with Gasteiger partial charge in [-0.25, -0.2) is 4.98 Å². The molecule has 0 radical (unpaired) electrons. The van der Waals surface area contributed by atoms with Crippen LogP contribution in [0.1, 0.15) is 32.2 Å². The van der Waals surface area contributed by atoms with Gasteiger partial charge in [0.1, 0.15) is 12.4 Å². The predicted molar refractivity (Wildman–Crippen MR) is 121 cm³/mol. The van der Waals surface area contributed by atoms with E-state index in [9.17, 15) is 4.79 Å². The Kier molecular flexibility index (Phi) is 6.20. The molecular formula is C25H22N2O2S. The van der Waals surface area contributed by atoms with Crippen molar-refractivity contribution in [1.29, 1.82) is 0 Å². The smallest absolute Gasteiger partial charge is 0.259 e. The quantitative estimate of drug-likeness (QED) is 0.411. The fraction of sp³-hybridized carbons (Fsp3) is 0.120. The first-order valence-corrected chi connectivity index (χ1v) is 10.6. The van der Waals surface area contributed by atoms with Crippen molar-refractivity contribution in [2.24, 2.45) is 0 Å². The predicted octanol–water partition coefficient (Wildman–Crippen LogP) is 5.87. The maximum absolute atomic E-state index is 13.1. The van der Waals surface area contributed by atoms with Gasteiger partial charge in [0.2, 0.25) is 0 Å². The van der Waals surface area contributed by atoms with Crippen molar-refractivity contribution in [3.05, 3.63) is 112 Å². The van der Waals surface area contributed by atoms with Crippen LogP contribution in [0.5, 0.6) is 5.75 Å². The van der Waals surface area contributed by atoms with Crippen LogP contribution in [-0.4, -0.2) is 10.9 Å². The van der Waals surface area contributed by atoms with Gasteiger partial charge in [0.25, 0.3) is 5.91 Å². The van der Waals surface area contributed by atoms with Crippen LogP contribution in [0.4, 0.5) is 5.69 Å². The molecule has 0 aliphatic heterocycles. The Bertz CT molecular complexity index is 1140. The zero-order valence-electron chi connectivity index (χ0n) is 16.7. The van der Waals surface area contributed by atoms with Crippen LogP contribution in [0, 0.1) is 6.92 Å². The second-order valence-electron chi connectivity index (χ2n) is 6.92. The Morgan fingerprint density at radius 3 is 2.50 bits per heavy atom. The third-order valence-electron chi connectivity index (χ3n) is 4.68. The number of hydrogen-bond acceptors (Lipinski definition) is 4. The van der Waals surface area contributed by atoms with Gasteiger partial charge < -0.3 is 10.1 Å². The summed E-state index contributed by atoms with van der Waals surface area (Å²) >= 11 is 1.58. The van der Waals surface area contributed by atoms with Crippen molar-refractivity contribution >= 4 is 22.9 Å². The molecule has 0 bridgehead atoms. The van der Waals surface area contributed by atoms with Crippen molar-refractivity contribution in [1.82, 2.24) is 4.98 Å². The molecule has 1 heterocycles. The molecule has 4 nitrogen and oxygen atoms in total. The highest BCUT2D eigenvalue weighted by Crippen LogP contribution is 2.24. The highest BCUT2D eigenvalue weighted by Gasteiger charge is 2.14. The summed E-state index contributed by atoms with van der Waals surface area (Å²) in [6.07, 6.45) is 0.749. The maximum atomic E-state index is 13.1. The van der Waals surface area contributed by atoms with Gasteiger partial charge in [-0.1, -0.05) is 60.7 Å². The number of anilines is 1. The van der Waals surface area contributed by atoms with Gasteiger partial charge in [-0.05, 0) is 42.7 Å². The van der Waals surface area contributed by atoms with E-state index in [-0.39, 0.29) is 5.91 Å². The van der Waals surface area contributed by atoms with Crippen molar-refractivity contribution in [2.45, 2.75) is 20.0 Å². The van der Waals surface area contributed by atoms with Crippen molar-refractivity contribution in [3.63, 3.8) is 0 Å². The average molecular weight is 415 g/mol. The molecule has 4 aromatic rings. The van der Waals surface area contributed by atoms with Gasteiger partial charge >= 0.3 is 0 Å². The zero-order chi connectivity index (χ0) is 20.8. The number of carbonyl (C=O) groups is 1. The summed E-state index contributed by atoms with van der Waals surface area (Å²) in [7, 11) is 0. The molecule has 0 spiro atoms. The number of hydrogen-bond donors (Lipinski definition) is 1. The SMILES string of the molecule is Cc1nc(COc2ccccc2C(=O)Nc2ccccc2Cc2ccccc2)cs1. The highest BCUT2D eigenvalue weighted by atomic mass is 32.1. The lowest BCUT2D eigenvalue weighted by Crippen LogP contribution is -2.15. The third-order valence-corrected chi connectivity index (χ3v) is 5.50. The average Bonchev–Trinajstić information content (AvgIpc) is 3.20. The molecule has 0 unspecified atom stereocenters. The minimum Gasteiger partial charge on any atom is -0.486 e. The molecule has 4 rings (SSSR count). The molecule has 5 heteroatoms. The first kappa shape index (κ1) is 19.9. The fourth-order valence-corrected chi connectivity index (χ4v) is 3.81. The Labute approximate surface area is 180 Å². The van der Waals surface area contributed by atoms with Gasteiger partial charge in [-0.3, -0.25) is 4.79 Å². The Morgan fingerprint density at radius 1 is 0.967 bits per heavy atom. The number of para-hydroxylation sites is 2. The van der Waals surface area contributed by atoms with Gasteiger partial charge in [0.05, 0.1) is 16.3 Å². The van der Waals surface area contributed by atoms with Crippen LogP contribution >= 0.6 is 11.3 Å². The van der Waals surface area contributed by atoms with E-state index in [4.69, 9.17) is 4.74 Å². The first-order valence-electron chi connectivity index (χ1n) is 9.75. The fourth-order valence-electron chi connectivity index (χ4n) is 3.21. The molecule has 150 valence electrons. The number of nitrogens with one attached hydrogen (secondary N) is 1. The number of amides is 1. The van der Waals surface area contributed by atoms with Crippen LogP contribution in [0.3, 0.4) is 0 Å². The molecule has 0 saturated carbocycles. The Hall–Kier alpha value is -3.44. The number of nitrogens with zero attached hydrogens (tertiary/aromatic N) is 1. The standard InChI is InChI=1S/C25H22N2O2S/c1-18-26-21(17-30-18)16-29-24-14-8-6-12-22(24)25(28)27-23-13-7-5-11-20(23)15-19-9-3-2-4-10-19/h2-14,17H,15-16H2,1H3,(H,27,28). The first-order chi connectivity index (χ1) is 14.7. The van der Waals surface area contributed by atoms with E-state index < -0.39 is 0 Å². The number of aromatic nitrogens is 1. The number of benzene rings is 3. The number of thiazole rings is 1. The summed E-state index contributed by atoms with van der Waals surface area (Å²) < 4.78 is 5.90. The molecule has 0 aliphatic carbocycles. The second kappa shape index (κ2) is 9.37. The molecule has 0 fully saturated rings. The molecule has 0 atom stereocenters. The van der Waals surface area contributed by atoms with Gasteiger partial charge in [0.15, 0.2) is 0 Å². The van der Waals surface area contributed by atoms with E-state index >= 15 is 0 Å². The van der Waals surface area contributed by atoms with E-state index in [1.165, 1.54) is 5.56 Å². The number of ether oxygens (including phenoxy) is 1.